The SMILES string of the molecule is CN1CCC(N(C)c2cc(C3CCNCC3)ccc2N(C=O)Cc2ccc(-c3nnc(C(F)F)o3)cn2)CC1. The summed E-state index contributed by atoms with van der Waals surface area (Å²) in [4.78, 5) is 23.2. The second kappa shape index (κ2) is 12.2. The van der Waals surface area contributed by atoms with Gasteiger partial charge in [0.15, 0.2) is 0 Å². The number of hydrogen-bond donors (Lipinski definition) is 1. The number of nitrogens with one attached hydrogen (secondary N) is 1. The number of halogens is 2. The van der Waals surface area contributed by atoms with E-state index in [-0.39, 0.29) is 12.4 Å². The molecule has 0 spiro atoms. The van der Waals surface area contributed by atoms with E-state index in [0.29, 0.717) is 23.2 Å². The lowest BCUT2D eigenvalue weighted by Gasteiger charge is -2.38. The topological polar surface area (TPSA) is 90.6 Å². The molecule has 0 saturated carbocycles. The Balaban J connectivity index is 1.40. The average molecular weight is 540 g/mol. The third-order valence-corrected chi connectivity index (χ3v) is 7.89. The van der Waals surface area contributed by atoms with Crippen LogP contribution in [0, 0.1) is 0 Å². The van der Waals surface area contributed by atoms with Crippen molar-refractivity contribution in [3.8, 4) is 11.5 Å². The summed E-state index contributed by atoms with van der Waals surface area (Å²) < 4.78 is 30.6. The maximum absolute atomic E-state index is 12.8. The molecule has 0 atom stereocenters. The normalized spacial score (nSPS) is 17.5. The fourth-order valence-corrected chi connectivity index (χ4v) is 5.49. The lowest BCUT2D eigenvalue weighted by molar-refractivity contribution is -0.107. The summed E-state index contributed by atoms with van der Waals surface area (Å²) in [5.74, 6) is -0.248. The van der Waals surface area contributed by atoms with Crippen molar-refractivity contribution in [2.75, 3.05) is 50.1 Å². The van der Waals surface area contributed by atoms with Gasteiger partial charge in [0.05, 0.1) is 29.2 Å². The van der Waals surface area contributed by atoms with Crippen LogP contribution in [-0.4, -0.2) is 72.8 Å². The van der Waals surface area contributed by atoms with E-state index in [4.69, 9.17) is 4.42 Å². The van der Waals surface area contributed by atoms with Gasteiger partial charge in [-0.1, -0.05) is 6.07 Å². The van der Waals surface area contributed by atoms with E-state index in [0.717, 1.165) is 69.6 Å². The Morgan fingerprint density at radius 2 is 1.87 bits per heavy atom. The van der Waals surface area contributed by atoms with E-state index in [1.165, 1.54) is 11.8 Å². The molecule has 2 aromatic heterocycles. The van der Waals surface area contributed by atoms with Crippen LogP contribution >= 0.6 is 0 Å². The quantitative estimate of drug-likeness (QED) is 0.404. The monoisotopic (exact) mass is 539 g/mol. The van der Waals surface area contributed by atoms with Gasteiger partial charge in [0.1, 0.15) is 0 Å². The summed E-state index contributed by atoms with van der Waals surface area (Å²) in [6.45, 7) is 4.38. The first-order valence-corrected chi connectivity index (χ1v) is 13.5. The molecule has 9 nitrogen and oxygen atoms in total. The number of nitrogens with zero attached hydrogens (tertiary/aromatic N) is 6. The largest absolute Gasteiger partial charge is 0.415 e. The minimum Gasteiger partial charge on any atom is -0.415 e. The predicted molar refractivity (Wildman–Crippen MR) is 145 cm³/mol. The first-order valence-electron chi connectivity index (χ1n) is 13.5. The zero-order valence-corrected chi connectivity index (χ0v) is 22.4. The van der Waals surface area contributed by atoms with E-state index >= 15 is 0 Å². The molecule has 0 unspecified atom stereocenters. The fourth-order valence-electron chi connectivity index (χ4n) is 5.49. The van der Waals surface area contributed by atoms with Crippen molar-refractivity contribution in [1.82, 2.24) is 25.4 Å². The Kier molecular flexibility index (Phi) is 8.47. The standard InChI is InChI=1S/C28H35F2N7O2/c1-35-13-9-23(10-14-35)36(2)25-15-20(19-7-11-31-12-8-19)4-6-24(25)37(18-38)17-22-5-3-21(16-32-22)27-33-34-28(39-27)26(29)30/h3-6,15-16,18-19,23,26,31H,7-14,17H2,1-2H3. The maximum Gasteiger partial charge on any atom is 0.314 e. The number of rotatable bonds is 9. The second-order valence-corrected chi connectivity index (χ2v) is 10.4. The van der Waals surface area contributed by atoms with Crippen molar-refractivity contribution in [3.05, 3.63) is 53.7 Å². The van der Waals surface area contributed by atoms with Crippen LogP contribution in [0.15, 0.2) is 40.9 Å². The molecule has 1 N–H and O–H groups in total. The molecule has 0 radical (unpaired) electrons. The van der Waals surface area contributed by atoms with E-state index < -0.39 is 12.3 Å². The molecule has 0 bridgehead atoms. The van der Waals surface area contributed by atoms with Gasteiger partial charge in [0, 0.05) is 19.3 Å². The highest BCUT2D eigenvalue weighted by molar-refractivity contribution is 5.84. The van der Waals surface area contributed by atoms with Crippen molar-refractivity contribution in [2.45, 2.75) is 50.6 Å². The number of piperidine rings is 2. The van der Waals surface area contributed by atoms with Crippen LogP contribution in [0.3, 0.4) is 0 Å². The molecule has 39 heavy (non-hydrogen) atoms. The number of likely N-dealkylation sites (tertiary alicyclic amines) is 1. The van der Waals surface area contributed by atoms with Gasteiger partial charge < -0.3 is 24.4 Å². The summed E-state index contributed by atoms with van der Waals surface area (Å²) in [6.07, 6.45) is 3.84. The van der Waals surface area contributed by atoms with Crippen LogP contribution in [0.25, 0.3) is 11.5 Å². The smallest absolute Gasteiger partial charge is 0.314 e. The van der Waals surface area contributed by atoms with Crippen LogP contribution in [0.2, 0.25) is 0 Å². The molecular formula is C28H35F2N7O2. The van der Waals surface area contributed by atoms with E-state index in [1.807, 2.05) is 0 Å². The minimum atomic E-state index is -2.83. The number of carbonyl (C=O) groups is 1. The number of hydrogen-bond acceptors (Lipinski definition) is 8. The highest BCUT2D eigenvalue weighted by Crippen LogP contribution is 2.37. The van der Waals surface area contributed by atoms with Crippen molar-refractivity contribution in [2.24, 2.45) is 0 Å². The van der Waals surface area contributed by atoms with Crippen molar-refractivity contribution >= 4 is 17.8 Å². The molecule has 1 aromatic carbocycles. The molecule has 208 valence electrons. The van der Waals surface area contributed by atoms with Crippen LogP contribution in [0.5, 0.6) is 0 Å². The summed E-state index contributed by atoms with van der Waals surface area (Å²) in [6, 6.07) is 10.3. The van der Waals surface area contributed by atoms with E-state index in [9.17, 15) is 13.6 Å². The van der Waals surface area contributed by atoms with Gasteiger partial charge >= 0.3 is 6.43 Å². The zero-order chi connectivity index (χ0) is 27.4. The van der Waals surface area contributed by atoms with E-state index in [2.05, 4.69) is 62.6 Å². The van der Waals surface area contributed by atoms with Gasteiger partial charge in [-0.15, -0.1) is 10.2 Å². The molecule has 2 saturated heterocycles. The summed E-state index contributed by atoms with van der Waals surface area (Å²) in [5.41, 5.74) is 4.29. The highest BCUT2D eigenvalue weighted by atomic mass is 19.3. The molecule has 2 fully saturated rings. The number of anilines is 2. The van der Waals surface area contributed by atoms with Gasteiger partial charge in [0.2, 0.25) is 12.3 Å². The number of benzene rings is 1. The number of aromatic nitrogens is 3. The van der Waals surface area contributed by atoms with Crippen molar-refractivity contribution < 1.29 is 18.0 Å². The number of pyridine rings is 1. The van der Waals surface area contributed by atoms with Crippen molar-refractivity contribution in [1.29, 1.82) is 0 Å². The van der Waals surface area contributed by atoms with Crippen LogP contribution < -0.4 is 15.1 Å². The highest BCUT2D eigenvalue weighted by Gasteiger charge is 2.26. The van der Waals surface area contributed by atoms with Gasteiger partial charge in [-0.05, 0) is 94.7 Å². The third kappa shape index (κ3) is 6.25. The summed E-state index contributed by atoms with van der Waals surface area (Å²) >= 11 is 0. The average Bonchev–Trinajstić information content (AvgIpc) is 3.47. The molecule has 1 amide bonds. The van der Waals surface area contributed by atoms with Crippen LogP contribution in [-0.2, 0) is 11.3 Å². The summed E-state index contributed by atoms with van der Waals surface area (Å²) in [5, 5.41) is 10.5. The molecule has 2 aliphatic heterocycles. The first-order chi connectivity index (χ1) is 18.9. The summed E-state index contributed by atoms with van der Waals surface area (Å²) in [7, 11) is 4.29. The van der Waals surface area contributed by atoms with Crippen LogP contribution in [0.4, 0.5) is 20.2 Å². The van der Waals surface area contributed by atoms with Crippen LogP contribution in [0.1, 0.15) is 55.2 Å². The third-order valence-electron chi connectivity index (χ3n) is 7.89. The number of alkyl halides is 2. The zero-order valence-electron chi connectivity index (χ0n) is 22.4. The molecule has 2 aliphatic rings. The van der Waals surface area contributed by atoms with Gasteiger partial charge in [-0.25, -0.2) is 0 Å². The lowest BCUT2D eigenvalue weighted by atomic mass is 9.89. The Labute approximate surface area is 227 Å². The molecular weight excluding hydrogens is 504 g/mol. The Morgan fingerprint density at radius 3 is 2.51 bits per heavy atom. The minimum absolute atomic E-state index is 0.0212. The Hall–Kier alpha value is -3.44. The number of carbonyl (C=O) groups excluding carboxylic acids is 1. The van der Waals surface area contributed by atoms with Crippen molar-refractivity contribution in [3.63, 3.8) is 0 Å². The molecule has 4 heterocycles. The Morgan fingerprint density at radius 1 is 1.10 bits per heavy atom. The van der Waals surface area contributed by atoms with E-state index in [1.54, 1.807) is 17.0 Å². The molecule has 0 aliphatic carbocycles. The predicted octanol–water partition coefficient (Wildman–Crippen LogP) is 4.23. The van der Waals surface area contributed by atoms with Gasteiger partial charge in [-0.2, -0.15) is 8.78 Å². The van der Waals surface area contributed by atoms with Gasteiger partial charge in [0.25, 0.3) is 5.89 Å². The lowest BCUT2D eigenvalue weighted by Crippen LogP contribution is -2.42. The maximum atomic E-state index is 12.8. The molecule has 11 heteroatoms. The Bertz CT molecular complexity index is 1240. The van der Waals surface area contributed by atoms with Gasteiger partial charge in [-0.3, -0.25) is 9.78 Å². The molecule has 3 aromatic rings. The first kappa shape index (κ1) is 27.1. The molecule has 5 rings (SSSR count). The number of amides is 1. The fraction of sp³-hybridized carbons (Fsp3) is 0.500. The second-order valence-electron chi connectivity index (χ2n) is 10.4.